The Morgan fingerprint density at radius 2 is 1.75 bits per heavy atom. The Morgan fingerprint density at radius 3 is 2.47 bits per heavy atom. The zero-order chi connectivity index (χ0) is 25.2. The molecular formula is C29H25ClN2O4. The van der Waals surface area contributed by atoms with E-state index >= 15 is 0 Å². The lowest BCUT2D eigenvalue weighted by molar-refractivity contribution is -0.139. The van der Waals surface area contributed by atoms with Gasteiger partial charge in [0.1, 0.15) is 11.5 Å². The first-order valence-corrected chi connectivity index (χ1v) is 12.2. The van der Waals surface area contributed by atoms with Crippen LogP contribution in [0.25, 0.3) is 16.7 Å². The molecule has 4 aromatic rings. The highest BCUT2D eigenvalue weighted by molar-refractivity contribution is 6.46. The van der Waals surface area contributed by atoms with E-state index in [1.54, 1.807) is 48.5 Å². The van der Waals surface area contributed by atoms with Gasteiger partial charge in [-0.05, 0) is 66.9 Å². The Hall–Kier alpha value is -4.03. The topological polar surface area (TPSA) is 82.6 Å². The number of nitrogens with one attached hydrogen (secondary N) is 1. The lowest BCUT2D eigenvalue weighted by atomic mass is 9.95. The molecule has 1 atom stereocenters. The number of aliphatic hydroxyl groups is 1. The van der Waals surface area contributed by atoms with E-state index < -0.39 is 17.7 Å². The highest BCUT2D eigenvalue weighted by Gasteiger charge is 2.45. The van der Waals surface area contributed by atoms with E-state index in [0.717, 1.165) is 16.5 Å². The molecular weight excluding hydrogens is 476 g/mol. The number of carbonyl (C=O) groups excluding carboxylic acids is 2. The van der Waals surface area contributed by atoms with Crippen LogP contribution in [0.5, 0.6) is 5.75 Å². The van der Waals surface area contributed by atoms with Crippen molar-refractivity contribution in [1.29, 1.82) is 0 Å². The lowest BCUT2D eigenvalue weighted by Crippen LogP contribution is -2.31. The van der Waals surface area contributed by atoms with Gasteiger partial charge in [-0.25, -0.2) is 0 Å². The first-order chi connectivity index (χ1) is 17.5. The maximum absolute atomic E-state index is 13.3. The number of halogens is 1. The Morgan fingerprint density at radius 1 is 1.03 bits per heavy atom. The summed E-state index contributed by atoms with van der Waals surface area (Å²) < 4.78 is 5.48. The first-order valence-electron chi connectivity index (χ1n) is 11.8. The van der Waals surface area contributed by atoms with Gasteiger partial charge in [-0.1, -0.05) is 41.9 Å². The van der Waals surface area contributed by atoms with Gasteiger partial charge < -0.3 is 19.7 Å². The maximum atomic E-state index is 13.3. The molecule has 1 amide bonds. The molecule has 6 nitrogen and oxygen atoms in total. The van der Waals surface area contributed by atoms with Gasteiger partial charge in [0.25, 0.3) is 11.7 Å². The van der Waals surface area contributed by atoms with Crippen LogP contribution in [-0.2, 0) is 16.0 Å². The molecule has 0 bridgehead atoms. The van der Waals surface area contributed by atoms with Crippen molar-refractivity contribution in [3.05, 3.63) is 106 Å². The fourth-order valence-corrected chi connectivity index (χ4v) is 4.84. The van der Waals surface area contributed by atoms with Gasteiger partial charge in [-0.2, -0.15) is 0 Å². The fraction of sp³-hybridized carbons (Fsp3) is 0.172. The number of nitrogens with zero attached hydrogens (tertiary/aromatic N) is 1. The van der Waals surface area contributed by atoms with Crippen LogP contribution < -0.4 is 4.74 Å². The van der Waals surface area contributed by atoms with Crippen LogP contribution in [0.4, 0.5) is 0 Å². The molecule has 1 unspecified atom stereocenters. The van der Waals surface area contributed by atoms with Crippen molar-refractivity contribution < 1.29 is 19.4 Å². The number of ether oxygens (including phenoxy) is 1. The smallest absolute Gasteiger partial charge is 0.295 e. The molecule has 7 heteroatoms. The number of para-hydroxylation sites is 1. The van der Waals surface area contributed by atoms with Crippen LogP contribution in [-0.4, -0.2) is 39.8 Å². The number of ketones is 1. The van der Waals surface area contributed by atoms with Crippen molar-refractivity contribution >= 4 is 40.0 Å². The van der Waals surface area contributed by atoms with E-state index in [4.69, 9.17) is 16.3 Å². The van der Waals surface area contributed by atoms with Gasteiger partial charge >= 0.3 is 0 Å². The minimum Gasteiger partial charge on any atom is -0.507 e. The third-order valence-corrected chi connectivity index (χ3v) is 6.71. The second-order valence-electron chi connectivity index (χ2n) is 8.61. The summed E-state index contributed by atoms with van der Waals surface area (Å²) >= 11 is 6.11. The molecule has 5 rings (SSSR count). The van der Waals surface area contributed by atoms with Crippen LogP contribution in [0.3, 0.4) is 0 Å². The van der Waals surface area contributed by atoms with Crippen molar-refractivity contribution in [2.24, 2.45) is 0 Å². The van der Waals surface area contributed by atoms with Crippen LogP contribution >= 0.6 is 11.6 Å². The predicted octanol–water partition coefficient (Wildman–Crippen LogP) is 5.88. The van der Waals surface area contributed by atoms with Crippen LogP contribution in [0.1, 0.15) is 29.7 Å². The fourth-order valence-electron chi connectivity index (χ4n) is 4.71. The molecule has 1 aliphatic rings. The number of rotatable bonds is 7. The average molecular weight is 501 g/mol. The second kappa shape index (κ2) is 9.91. The minimum atomic E-state index is -0.737. The van der Waals surface area contributed by atoms with E-state index in [-0.39, 0.29) is 11.3 Å². The number of hydrogen-bond donors (Lipinski definition) is 2. The van der Waals surface area contributed by atoms with Crippen LogP contribution in [0.15, 0.2) is 84.6 Å². The zero-order valence-corrected chi connectivity index (χ0v) is 20.5. The van der Waals surface area contributed by atoms with Crippen LogP contribution in [0, 0.1) is 0 Å². The molecule has 0 aliphatic carbocycles. The van der Waals surface area contributed by atoms with E-state index in [1.807, 2.05) is 37.4 Å². The number of amides is 1. The summed E-state index contributed by atoms with van der Waals surface area (Å²) in [5, 5.41) is 12.9. The van der Waals surface area contributed by atoms with E-state index in [2.05, 4.69) is 4.98 Å². The molecule has 0 radical (unpaired) electrons. The summed E-state index contributed by atoms with van der Waals surface area (Å²) in [6.07, 6.45) is 2.47. The summed E-state index contributed by atoms with van der Waals surface area (Å²) in [6, 6.07) is 21.0. The Labute approximate surface area is 213 Å². The van der Waals surface area contributed by atoms with Crippen molar-refractivity contribution in [2.45, 2.75) is 19.4 Å². The SMILES string of the molecule is CCOc1ccc(/C(O)=C2/C(=O)C(=O)N(CCc3c[nH]c4ccccc34)C2c2ccc(Cl)cc2)cc1. The summed E-state index contributed by atoms with van der Waals surface area (Å²) in [5.74, 6) is -0.907. The Balaban J connectivity index is 1.54. The molecule has 182 valence electrons. The number of benzene rings is 3. The third kappa shape index (κ3) is 4.36. The standard InChI is InChI=1S/C29H25ClN2O4/c1-2-36-22-13-9-19(10-14-22)27(33)25-26(18-7-11-21(30)12-8-18)32(29(35)28(25)34)16-15-20-17-31-24-6-4-3-5-23(20)24/h3-14,17,26,31,33H,2,15-16H2,1H3/b27-25-. The van der Waals surface area contributed by atoms with Gasteiger partial charge in [-0.15, -0.1) is 0 Å². The maximum Gasteiger partial charge on any atom is 0.295 e. The van der Waals surface area contributed by atoms with Gasteiger partial charge in [0.15, 0.2) is 0 Å². The molecule has 3 aromatic carbocycles. The molecule has 2 heterocycles. The van der Waals surface area contributed by atoms with Crippen molar-refractivity contribution in [1.82, 2.24) is 9.88 Å². The number of Topliss-reactive ketones (excluding diaryl/α,β-unsaturated/α-hetero) is 1. The predicted molar refractivity (Wildman–Crippen MR) is 140 cm³/mol. The zero-order valence-electron chi connectivity index (χ0n) is 19.7. The second-order valence-corrected chi connectivity index (χ2v) is 9.05. The molecule has 36 heavy (non-hydrogen) atoms. The Bertz CT molecular complexity index is 1450. The molecule has 1 saturated heterocycles. The lowest BCUT2D eigenvalue weighted by Gasteiger charge is -2.25. The largest absolute Gasteiger partial charge is 0.507 e. The average Bonchev–Trinajstić information content (AvgIpc) is 3.42. The van der Waals surface area contributed by atoms with Crippen molar-refractivity contribution in [2.75, 3.05) is 13.2 Å². The summed E-state index contributed by atoms with van der Waals surface area (Å²) in [7, 11) is 0. The number of aromatic amines is 1. The van der Waals surface area contributed by atoms with Crippen molar-refractivity contribution in [3.63, 3.8) is 0 Å². The Kier molecular flexibility index (Phi) is 6.53. The summed E-state index contributed by atoms with van der Waals surface area (Å²) in [5.41, 5.74) is 3.26. The van der Waals surface area contributed by atoms with Gasteiger partial charge in [0.2, 0.25) is 0 Å². The monoisotopic (exact) mass is 500 g/mol. The van der Waals surface area contributed by atoms with Crippen LogP contribution in [0.2, 0.25) is 5.02 Å². The normalized spacial score (nSPS) is 17.2. The number of aromatic nitrogens is 1. The molecule has 1 aliphatic heterocycles. The van der Waals surface area contributed by atoms with Gasteiger partial charge in [0, 0.05) is 34.2 Å². The molecule has 2 N–H and O–H groups in total. The van der Waals surface area contributed by atoms with Crippen molar-refractivity contribution in [3.8, 4) is 5.75 Å². The quantitative estimate of drug-likeness (QED) is 0.188. The van der Waals surface area contributed by atoms with E-state index in [0.29, 0.717) is 41.5 Å². The number of aliphatic hydroxyl groups excluding tert-OH is 1. The highest BCUT2D eigenvalue weighted by atomic mass is 35.5. The van der Waals surface area contributed by atoms with Gasteiger partial charge in [0.05, 0.1) is 18.2 Å². The number of fused-ring (bicyclic) bond motifs is 1. The summed E-state index contributed by atoms with van der Waals surface area (Å²) in [4.78, 5) is 31.3. The number of carbonyl (C=O) groups is 2. The summed E-state index contributed by atoms with van der Waals surface area (Å²) in [6.45, 7) is 2.71. The number of likely N-dealkylation sites (tertiary alicyclic amines) is 1. The third-order valence-electron chi connectivity index (χ3n) is 6.46. The van der Waals surface area contributed by atoms with E-state index in [1.165, 1.54) is 4.90 Å². The number of H-pyrrole nitrogens is 1. The first kappa shape index (κ1) is 23.7. The highest BCUT2D eigenvalue weighted by Crippen LogP contribution is 2.40. The molecule has 1 fully saturated rings. The molecule has 0 spiro atoms. The molecule has 1 aromatic heterocycles. The number of hydrogen-bond acceptors (Lipinski definition) is 4. The van der Waals surface area contributed by atoms with E-state index in [9.17, 15) is 14.7 Å². The minimum absolute atomic E-state index is 0.0606. The van der Waals surface area contributed by atoms with Gasteiger partial charge in [-0.3, -0.25) is 9.59 Å². The molecule has 0 saturated carbocycles.